The largest absolute Gasteiger partial charge is 0.460 e. The lowest BCUT2D eigenvalue weighted by atomic mass is 9.76. The molecule has 116 valence electrons. The molecule has 0 aromatic rings. The minimum Gasteiger partial charge on any atom is -0.460 e. The van der Waals surface area contributed by atoms with E-state index in [1.165, 1.54) is 19.3 Å². The Labute approximate surface area is 127 Å². The van der Waals surface area contributed by atoms with Crippen LogP contribution in [0.5, 0.6) is 0 Å². The average molecular weight is 290 g/mol. The maximum atomic E-state index is 11.4. The van der Waals surface area contributed by atoms with Gasteiger partial charge < -0.3 is 9.47 Å². The van der Waals surface area contributed by atoms with Gasteiger partial charge in [-0.25, -0.2) is 4.79 Å². The first-order chi connectivity index (χ1) is 10.2. The third kappa shape index (κ3) is 2.94. The minimum absolute atomic E-state index is 0.292. The molecule has 0 aromatic heterocycles. The molecule has 3 heteroatoms. The standard InChI is InChI=1S/C18H26O3/c1-3-12(2)18(19)21-8-7-20-11-14-9-13-10-17(14)16-6-4-5-15(13)16/h4,6,13-17H,2-3,5,7-11H2,1H3. The fourth-order valence-corrected chi connectivity index (χ4v) is 4.55. The number of carbonyl (C=O) groups excluding carboxylic acids is 1. The van der Waals surface area contributed by atoms with Crippen LogP contribution in [0.3, 0.4) is 0 Å². The fraction of sp³-hybridized carbons (Fsp3) is 0.722. The summed E-state index contributed by atoms with van der Waals surface area (Å²) in [4.78, 5) is 11.4. The Morgan fingerprint density at radius 3 is 2.95 bits per heavy atom. The lowest BCUT2D eigenvalue weighted by Gasteiger charge is -2.31. The summed E-state index contributed by atoms with van der Waals surface area (Å²) in [5, 5.41) is 0. The van der Waals surface area contributed by atoms with E-state index >= 15 is 0 Å². The van der Waals surface area contributed by atoms with Gasteiger partial charge in [0.25, 0.3) is 0 Å². The van der Waals surface area contributed by atoms with Crippen molar-refractivity contribution in [1.82, 2.24) is 0 Å². The lowest BCUT2D eigenvalue weighted by Crippen LogP contribution is -2.27. The van der Waals surface area contributed by atoms with Gasteiger partial charge in [-0.3, -0.25) is 0 Å². The molecule has 2 fully saturated rings. The number of ether oxygens (including phenoxy) is 2. The van der Waals surface area contributed by atoms with Crippen LogP contribution in [0.15, 0.2) is 24.3 Å². The first-order valence-corrected chi connectivity index (χ1v) is 8.30. The zero-order valence-corrected chi connectivity index (χ0v) is 12.9. The molecule has 5 unspecified atom stereocenters. The molecule has 0 N–H and O–H groups in total. The number of allylic oxidation sites excluding steroid dienone is 2. The van der Waals surface area contributed by atoms with Gasteiger partial charge in [-0.05, 0) is 55.3 Å². The Morgan fingerprint density at radius 2 is 2.14 bits per heavy atom. The van der Waals surface area contributed by atoms with E-state index in [-0.39, 0.29) is 5.97 Å². The van der Waals surface area contributed by atoms with Gasteiger partial charge in [0.1, 0.15) is 6.61 Å². The maximum absolute atomic E-state index is 11.4. The highest BCUT2D eigenvalue weighted by Crippen LogP contribution is 2.58. The van der Waals surface area contributed by atoms with Gasteiger partial charge in [0, 0.05) is 12.2 Å². The predicted molar refractivity (Wildman–Crippen MR) is 81.7 cm³/mol. The molecule has 0 heterocycles. The monoisotopic (exact) mass is 290 g/mol. The van der Waals surface area contributed by atoms with Crippen LogP contribution < -0.4 is 0 Å². The van der Waals surface area contributed by atoms with Crippen LogP contribution in [-0.2, 0) is 14.3 Å². The Hall–Kier alpha value is -1.09. The summed E-state index contributed by atoms with van der Waals surface area (Å²) in [6.07, 6.45) is 9.49. The molecule has 0 amide bonds. The normalized spacial score (nSPS) is 36.0. The van der Waals surface area contributed by atoms with Crippen LogP contribution in [0, 0.1) is 29.6 Å². The summed E-state index contributed by atoms with van der Waals surface area (Å²) in [7, 11) is 0. The Bertz CT molecular complexity index is 440. The molecular weight excluding hydrogens is 264 g/mol. The summed E-state index contributed by atoms with van der Waals surface area (Å²) in [5.41, 5.74) is 0.530. The number of carbonyl (C=O) groups is 1. The van der Waals surface area contributed by atoms with E-state index in [1.807, 2.05) is 6.92 Å². The van der Waals surface area contributed by atoms with Crippen LogP contribution in [0.4, 0.5) is 0 Å². The van der Waals surface area contributed by atoms with Gasteiger partial charge >= 0.3 is 5.97 Å². The predicted octanol–water partition coefficient (Wildman–Crippen LogP) is 3.36. The van der Waals surface area contributed by atoms with E-state index in [1.54, 1.807) is 0 Å². The number of esters is 1. The van der Waals surface area contributed by atoms with Crippen molar-refractivity contribution in [2.45, 2.75) is 32.6 Å². The molecule has 0 saturated heterocycles. The Balaban J connectivity index is 1.33. The van der Waals surface area contributed by atoms with Gasteiger partial charge in [0.05, 0.1) is 6.61 Å². The number of rotatable bonds is 7. The summed E-state index contributed by atoms with van der Waals surface area (Å²) in [6, 6.07) is 0. The van der Waals surface area contributed by atoms with Crippen molar-refractivity contribution >= 4 is 5.97 Å². The molecular formula is C18H26O3. The average Bonchev–Trinajstić information content (AvgIpc) is 3.17. The summed E-state index contributed by atoms with van der Waals surface area (Å²) < 4.78 is 10.9. The molecule has 2 bridgehead atoms. The molecule has 3 rings (SSSR count). The van der Waals surface area contributed by atoms with Crippen LogP contribution in [0.25, 0.3) is 0 Å². The van der Waals surface area contributed by atoms with Gasteiger partial charge in [0.15, 0.2) is 0 Å². The number of hydrogen-bond donors (Lipinski definition) is 0. The maximum Gasteiger partial charge on any atom is 0.333 e. The number of fused-ring (bicyclic) bond motifs is 5. The Morgan fingerprint density at radius 1 is 1.29 bits per heavy atom. The number of hydrogen-bond acceptors (Lipinski definition) is 3. The smallest absolute Gasteiger partial charge is 0.333 e. The zero-order chi connectivity index (χ0) is 14.8. The minimum atomic E-state index is -0.292. The van der Waals surface area contributed by atoms with Crippen LogP contribution in [0.2, 0.25) is 0 Å². The third-order valence-corrected chi connectivity index (χ3v) is 5.65. The van der Waals surface area contributed by atoms with Crippen molar-refractivity contribution in [3.05, 3.63) is 24.3 Å². The molecule has 0 spiro atoms. The van der Waals surface area contributed by atoms with Gasteiger partial charge in [-0.15, -0.1) is 0 Å². The highest BCUT2D eigenvalue weighted by molar-refractivity contribution is 5.87. The molecule has 3 nitrogen and oxygen atoms in total. The second-order valence-electron chi connectivity index (χ2n) is 6.73. The van der Waals surface area contributed by atoms with Crippen molar-refractivity contribution in [3.8, 4) is 0 Å². The first kappa shape index (κ1) is 14.8. The van der Waals surface area contributed by atoms with E-state index in [2.05, 4.69) is 18.7 Å². The molecule has 3 aliphatic carbocycles. The van der Waals surface area contributed by atoms with Gasteiger partial charge in [-0.2, -0.15) is 0 Å². The van der Waals surface area contributed by atoms with Crippen molar-refractivity contribution in [3.63, 3.8) is 0 Å². The molecule has 0 aliphatic heterocycles. The van der Waals surface area contributed by atoms with Crippen LogP contribution in [0.1, 0.15) is 32.6 Å². The van der Waals surface area contributed by atoms with E-state index in [0.29, 0.717) is 31.1 Å². The first-order valence-electron chi connectivity index (χ1n) is 8.30. The Kier molecular flexibility index (Phi) is 4.48. The quantitative estimate of drug-likeness (QED) is 0.312. The fourth-order valence-electron chi connectivity index (χ4n) is 4.55. The van der Waals surface area contributed by atoms with Crippen molar-refractivity contribution < 1.29 is 14.3 Å². The second kappa shape index (κ2) is 6.35. The molecule has 2 saturated carbocycles. The molecule has 5 atom stereocenters. The molecule has 0 radical (unpaired) electrons. The van der Waals surface area contributed by atoms with Gasteiger partial charge in [0.2, 0.25) is 0 Å². The zero-order valence-electron chi connectivity index (χ0n) is 12.9. The topological polar surface area (TPSA) is 35.5 Å². The lowest BCUT2D eigenvalue weighted by molar-refractivity contribution is -0.140. The molecule has 0 aromatic carbocycles. The summed E-state index contributed by atoms with van der Waals surface area (Å²) in [6.45, 7) is 7.23. The van der Waals surface area contributed by atoms with Crippen LogP contribution in [-0.4, -0.2) is 25.8 Å². The van der Waals surface area contributed by atoms with Gasteiger partial charge in [-0.1, -0.05) is 25.7 Å². The van der Waals surface area contributed by atoms with Crippen LogP contribution >= 0.6 is 0 Å². The van der Waals surface area contributed by atoms with E-state index in [0.717, 1.165) is 30.3 Å². The highest BCUT2D eigenvalue weighted by Gasteiger charge is 2.52. The van der Waals surface area contributed by atoms with E-state index in [9.17, 15) is 4.79 Å². The SMILES string of the molecule is C=C(CC)C(=O)OCCOCC1CC2CC1C1C=CCC21. The molecule has 3 aliphatic rings. The highest BCUT2D eigenvalue weighted by atomic mass is 16.6. The molecule has 21 heavy (non-hydrogen) atoms. The van der Waals surface area contributed by atoms with Crippen molar-refractivity contribution in [2.75, 3.05) is 19.8 Å². The third-order valence-electron chi connectivity index (χ3n) is 5.65. The van der Waals surface area contributed by atoms with E-state index in [4.69, 9.17) is 9.47 Å². The summed E-state index contributed by atoms with van der Waals surface area (Å²) in [5.74, 6) is 3.94. The summed E-state index contributed by atoms with van der Waals surface area (Å²) >= 11 is 0. The second-order valence-corrected chi connectivity index (χ2v) is 6.73. The van der Waals surface area contributed by atoms with Crippen molar-refractivity contribution in [1.29, 1.82) is 0 Å². The van der Waals surface area contributed by atoms with E-state index < -0.39 is 0 Å². The van der Waals surface area contributed by atoms with Crippen molar-refractivity contribution in [2.24, 2.45) is 29.6 Å².